The van der Waals surface area contributed by atoms with Gasteiger partial charge in [0.15, 0.2) is 0 Å². The molecule has 0 radical (unpaired) electrons. The highest BCUT2D eigenvalue weighted by Gasteiger charge is 2.02. The number of nitrogens with one attached hydrogen (secondary N) is 1. The van der Waals surface area contributed by atoms with Gasteiger partial charge in [-0.05, 0) is 28.1 Å². The van der Waals surface area contributed by atoms with Crippen LogP contribution in [0.5, 0.6) is 0 Å². The van der Waals surface area contributed by atoms with Gasteiger partial charge in [0.25, 0.3) is 0 Å². The van der Waals surface area contributed by atoms with Crippen LogP contribution >= 0.6 is 15.9 Å². The Labute approximate surface area is 79.3 Å². The second kappa shape index (κ2) is 4.21. The minimum absolute atomic E-state index is 0.0105. The molecule has 1 N–H and O–H groups in total. The van der Waals surface area contributed by atoms with Crippen molar-refractivity contribution in [1.29, 1.82) is 0 Å². The maximum absolute atomic E-state index is 11.0. The van der Waals surface area contributed by atoms with Gasteiger partial charge >= 0.3 is 0 Å². The van der Waals surface area contributed by atoms with Crippen molar-refractivity contribution in [3.05, 3.63) is 22.9 Å². The lowest BCUT2D eigenvalue weighted by molar-refractivity contribution is -0.115. The van der Waals surface area contributed by atoms with Gasteiger partial charge in [0.2, 0.25) is 5.91 Å². The maximum Gasteiger partial charge on any atom is 0.224 e. The molecule has 0 atom stereocenters. The fourth-order valence-electron chi connectivity index (χ4n) is 0.718. The van der Waals surface area contributed by atoms with Gasteiger partial charge in [-0.15, -0.1) is 0 Å². The molecule has 1 amide bonds. The molecule has 0 fully saturated rings. The van der Waals surface area contributed by atoms with Gasteiger partial charge < -0.3 is 5.32 Å². The van der Waals surface area contributed by atoms with Crippen LogP contribution in [-0.4, -0.2) is 10.9 Å². The quantitative estimate of drug-likeness (QED) is 0.789. The highest BCUT2D eigenvalue weighted by molar-refractivity contribution is 9.10. The first kappa shape index (κ1) is 9.19. The third-order valence-corrected chi connectivity index (χ3v) is 1.99. The minimum Gasteiger partial charge on any atom is -0.324 e. The average Bonchev–Trinajstić information content (AvgIpc) is 2.09. The van der Waals surface area contributed by atoms with Crippen LogP contribution in [0.1, 0.15) is 13.3 Å². The highest BCUT2D eigenvalue weighted by Crippen LogP contribution is 2.17. The van der Waals surface area contributed by atoms with Crippen LogP contribution in [0.2, 0.25) is 0 Å². The minimum atomic E-state index is -0.0105. The molecule has 64 valence electrons. The molecule has 1 heterocycles. The van der Waals surface area contributed by atoms with E-state index in [0.717, 1.165) is 0 Å². The van der Waals surface area contributed by atoms with Crippen molar-refractivity contribution >= 4 is 27.5 Å². The Balaban J connectivity index is 2.75. The molecule has 0 unspecified atom stereocenters. The second-order valence-corrected chi connectivity index (χ2v) is 2.99. The molecule has 0 aliphatic carbocycles. The first-order valence-electron chi connectivity index (χ1n) is 3.64. The first-order valence-corrected chi connectivity index (χ1v) is 4.43. The molecular weight excluding hydrogens is 220 g/mol. The summed E-state index contributed by atoms with van der Waals surface area (Å²) < 4.78 is 0.659. The van der Waals surface area contributed by atoms with Gasteiger partial charge in [-0.25, -0.2) is 4.98 Å². The van der Waals surface area contributed by atoms with E-state index in [-0.39, 0.29) is 5.91 Å². The first-order chi connectivity index (χ1) is 5.74. The highest BCUT2D eigenvalue weighted by atomic mass is 79.9. The molecule has 0 aliphatic heterocycles. The molecule has 0 spiro atoms. The SMILES string of the molecule is CCC(=O)Nc1cccnc1Br. The topological polar surface area (TPSA) is 42.0 Å². The number of aromatic nitrogens is 1. The number of nitrogens with zero attached hydrogens (tertiary/aromatic N) is 1. The van der Waals surface area contributed by atoms with Crippen LogP contribution in [0.25, 0.3) is 0 Å². The lowest BCUT2D eigenvalue weighted by Gasteiger charge is -2.03. The van der Waals surface area contributed by atoms with Crippen LogP contribution in [0, 0.1) is 0 Å². The van der Waals surface area contributed by atoms with Gasteiger partial charge in [0, 0.05) is 12.6 Å². The van der Waals surface area contributed by atoms with Gasteiger partial charge in [0.05, 0.1) is 5.69 Å². The summed E-state index contributed by atoms with van der Waals surface area (Å²) in [6.45, 7) is 1.81. The van der Waals surface area contributed by atoms with Gasteiger partial charge in [-0.2, -0.15) is 0 Å². The molecule has 0 aromatic carbocycles. The van der Waals surface area contributed by atoms with Crippen molar-refractivity contribution in [3.8, 4) is 0 Å². The van der Waals surface area contributed by atoms with Gasteiger partial charge in [0.1, 0.15) is 4.60 Å². The Bertz CT molecular complexity index is 288. The Morgan fingerprint density at radius 3 is 3.08 bits per heavy atom. The normalized spacial score (nSPS) is 9.50. The predicted octanol–water partition coefficient (Wildman–Crippen LogP) is 2.19. The number of anilines is 1. The molecule has 1 aromatic heterocycles. The Hall–Kier alpha value is -0.900. The largest absolute Gasteiger partial charge is 0.324 e. The molecule has 0 bridgehead atoms. The van der Waals surface area contributed by atoms with Crippen LogP contribution < -0.4 is 5.32 Å². The van der Waals surface area contributed by atoms with Crippen LogP contribution in [0.15, 0.2) is 22.9 Å². The Morgan fingerprint density at radius 2 is 2.50 bits per heavy atom. The molecule has 3 nitrogen and oxygen atoms in total. The van der Waals surface area contributed by atoms with E-state index in [4.69, 9.17) is 0 Å². The van der Waals surface area contributed by atoms with Crippen molar-refractivity contribution in [2.75, 3.05) is 5.32 Å². The Kier molecular flexibility index (Phi) is 3.22. The molecule has 0 saturated carbocycles. The number of carbonyl (C=O) groups excluding carboxylic acids is 1. The smallest absolute Gasteiger partial charge is 0.224 e. The summed E-state index contributed by atoms with van der Waals surface area (Å²) in [6, 6.07) is 3.57. The van der Waals surface area contributed by atoms with Crippen molar-refractivity contribution in [2.24, 2.45) is 0 Å². The second-order valence-electron chi connectivity index (χ2n) is 2.24. The standard InChI is InChI=1S/C8H9BrN2O/c1-2-7(12)11-6-4-3-5-10-8(6)9/h3-5H,2H2,1H3,(H,11,12). The predicted molar refractivity (Wildman–Crippen MR) is 50.9 cm³/mol. The third kappa shape index (κ3) is 2.30. The number of amides is 1. The van der Waals surface area contributed by atoms with E-state index in [9.17, 15) is 4.79 Å². The lowest BCUT2D eigenvalue weighted by Crippen LogP contribution is -2.09. The van der Waals surface area contributed by atoms with E-state index >= 15 is 0 Å². The zero-order valence-corrected chi connectivity index (χ0v) is 8.26. The molecule has 1 aromatic rings. The van der Waals surface area contributed by atoms with E-state index in [1.54, 1.807) is 25.3 Å². The monoisotopic (exact) mass is 228 g/mol. The average molecular weight is 229 g/mol. The van der Waals surface area contributed by atoms with Gasteiger partial charge in [-0.1, -0.05) is 6.92 Å². The number of hydrogen-bond donors (Lipinski definition) is 1. The van der Waals surface area contributed by atoms with E-state index in [1.165, 1.54) is 0 Å². The number of rotatable bonds is 2. The summed E-state index contributed by atoms with van der Waals surface area (Å²) in [5.41, 5.74) is 0.712. The summed E-state index contributed by atoms with van der Waals surface area (Å²) in [5, 5.41) is 2.71. The Morgan fingerprint density at radius 1 is 1.75 bits per heavy atom. The number of pyridine rings is 1. The summed E-state index contributed by atoms with van der Waals surface area (Å²) in [4.78, 5) is 14.9. The van der Waals surface area contributed by atoms with Gasteiger partial charge in [-0.3, -0.25) is 4.79 Å². The third-order valence-electron chi connectivity index (χ3n) is 1.35. The van der Waals surface area contributed by atoms with Crippen molar-refractivity contribution in [1.82, 2.24) is 4.98 Å². The zero-order chi connectivity index (χ0) is 8.97. The summed E-state index contributed by atoms with van der Waals surface area (Å²) in [7, 11) is 0. The van der Waals surface area contributed by atoms with Crippen LogP contribution in [-0.2, 0) is 4.79 Å². The van der Waals surface area contributed by atoms with Crippen molar-refractivity contribution in [3.63, 3.8) is 0 Å². The molecule has 0 saturated heterocycles. The summed E-state index contributed by atoms with van der Waals surface area (Å²) in [5.74, 6) is -0.0105. The molecule has 1 rings (SSSR count). The molecular formula is C8H9BrN2O. The number of carbonyl (C=O) groups is 1. The lowest BCUT2D eigenvalue weighted by atomic mass is 10.4. The molecule has 0 aliphatic rings. The fraction of sp³-hybridized carbons (Fsp3) is 0.250. The van der Waals surface area contributed by atoms with Crippen molar-refractivity contribution < 1.29 is 4.79 Å². The zero-order valence-electron chi connectivity index (χ0n) is 6.67. The van der Waals surface area contributed by atoms with Crippen LogP contribution in [0.3, 0.4) is 0 Å². The van der Waals surface area contributed by atoms with E-state index in [0.29, 0.717) is 16.7 Å². The van der Waals surface area contributed by atoms with E-state index in [1.807, 2.05) is 0 Å². The van der Waals surface area contributed by atoms with Crippen molar-refractivity contribution in [2.45, 2.75) is 13.3 Å². The van der Waals surface area contributed by atoms with Crippen LogP contribution in [0.4, 0.5) is 5.69 Å². The number of halogens is 1. The summed E-state index contributed by atoms with van der Waals surface area (Å²) in [6.07, 6.45) is 2.13. The molecule has 12 heavy (non-hydrogen) atoms. The maximum atomic E-state index is 11.0. The van der Waals surface area contributed by atoms with E-state index in [2.05, 4.69) is 26.2 Å². The number of hydrogen-bond acceptors (Lipinski definition) is 2. The van der Waals surface area contributed by atoms with E-state index < -0.39 is 0 Å². The summed E-state index contributed by atoms with van der Waals surface area (Å²) >= 11 is 3.23. The molecule has 4 heteroatoms. The fourth-order valence-corrected chi connectivity index (χ4v) is 1.07.